The molecule has 2 N–H and O–H groups in total. The van der Waals surface area contributed by atoms with Crippen LogP contribution in [-0.4, -0.2) is 62.6 Å². The maximum absolute atomic E-state index is 12.3. The summed E-state index contributed by atoms with van der Waals surface area (Å²) in [4.78, 5) is 20.6. The third-order valence-electron chi connectivity index (χ3n) is 4.66. The lowest BCUT2D eigenvalue weighted by Crippen LogP contribution is -2.52. The van der Waals surface area contributed by atoms with Crippen molar-refractivity contribution in [1.29, 1.82) is 0 Å². The van der Waals surface area contributed by atoms with Crippen molar-refractivity contribution in [2.75, 3.05) is 39.1 Å². The van der Waals surface area contributed by atoms with Gasteiger partial charge in [-0.25, -0.2) is 0 Å². The Kier molecular flexibility index (Phi) is 8.14. The lowest BCUT2D eigenvalue weighted by Gasteiger charge is -2.33. The number of hydrogen-bond acceptors (Lipinski definition) is 3. The van der Waals surface area contributed by atoms with Crippen LogP contribution in [0.4, 0.5) is 5.69 Å². The highest BCUT2D eigenvalue weighted by Gasteiger charge is 2.31. The number of para-hydroxylation sites is 1. The molecule has 1 aliphatic heterocycles. The van der Waals surface area contributed by atoms with Crippen molar-refractivity contribution in [3.8, 4) is 0 Å². The van der Waals surface area contributed by atoms with Crippen LogP contribution >= 0.6 is 24.0 Å². The number of halogens is 1. The minimum atomic E-state index is 0. The first-order valence-corrected chi connectivity index (χ1v) is 8.33. The lowest BCUT2D eigenvalue weighted by atomic mass is 10.0. The zero-order chi connectivity index (χ0) is 17.7. The van der Waals surface area contributed by atoms with E-state index < -0.39 is 0 Å². The van der Waals surface area contributed by atoms with Gasteiger partial charge in [-0.15, -0.1) is 24.0 Å². The van der Waals surface area contributed by atoms with E-state index in [1.807, 2.05) is 35.2 Å². The summed E-state index contributed by atoms with van der Waals surface area (Å²) in [7, 11) is 5.88. The van der Waals surface area contributed by atoms with Gasteiger partial charge in [0.25, 0.3) is 0 Å². The van der Waals surface area contributed by atoms with Crippen molar-refractivity contribution in [3.63, 3.8) is 0 Å². The van der Waals surface area contributed by atoms with E-state index in [-0.39, 0.29) is 41.5 Å². The van der Waals surface area contributed by atoms with E-state index in [9.17, 15) is 4.79 Å². The maximum Gasteiger partial charge on any atom is 0.229 e. The second kappa shape index (κ2) is 9.38. The van der Waals surface area contributed by atoms with E-state index in [0.717, 1.165) is 18.2 Å². The number of carbonyl (C=O) groups is 1. The SMILES string of the molecule is CN=C(NCC(C)(C)N(C)C)NC1CC(=O)N(c2ccccc2)C1.I. The molecular formula is C18H30IN5O. The summed E-state index contributed by atoms with van der Waals surface area (Å²) in [5.41, 5.74) is 0.961. The molecule has 0 aromatic heterocycles. The third-order valence-corrected chi connectivity index (χ3v) is 4.66. The molecule has 7 heteroatoms. The van der Waals surface area contributed by atoms with Gasteiger partial charge >= 0.3 is 0 Å². The van der Waals surface area contributed by atoms with Crippen molar-refractivity contribution >= 4 is 41.5 Å². The van der Waals surface area contributed by atoms with Gasteiger partial charge < -0.3 is 20.4 Å². The van der Waals surface area contributed by atoms with Gasteiger partial charge in [-0.3, -0.25) is 9.79 Å². The molecular weight excluding hydrogens is 429 g/mol. The van der Waals surface area contributed by atoms with E-state index in [4.69, 9.17) is 0 Å². The van der Waals surface area contributed by atoms with Crippen LogP contribution in [0.2, 0.25) is 0 Å². The number of rotatable bonds is 5. The molecule has 1 aromatic carbocycles. The van der Waals surface area contributed by atoms with Gasteiger partial charge in [0.15, 0.2) is 5.96 Å². The Labute approximate surface area is 168 Å². The Morgan fingerprint density at radius 2 is 1.96 bits per heavy atom. The highest BCUT2D eigenvalue weighted by Crippen LogP contribution is 2.20. The van der Waals surface area contributed by atoms with Gasteiger partial charge in [0.05, 0.1) is 6.04 Å². The number of carbonyl (C=O) groups excluding carboxylic acids is 1. The number of nitrogens with one attached hydrogen (secondary N) is 2. The molecule has 1 amide bonds. The molecule has 1 aliphatic rings. The predicted molar refractivity (Wildman–Crippen MR) is 115 cm³/mol. The van der Waals surface area contributed by atoms with Crippen LogP contribution in [0.3, 0.4) is 0 Å². The standard InChI is InChI=1S/C18H29N5O.HI/c1-18(2,22(4)5)13-20-17(19-3)21-14-11-16(24)23(12-14)15-9-7-6-8-10-15;/h6-10,14H,11-13H2,1-5H3,(H2,19,20,21);1H. The summed E-state index contributed by atoms with van der Waals surface area (Å²) in [6.07, 6.45) is 0.479. The molecule has 2 rings (SSSR count). The molecule has 0 saturated carbocycles. The topological polar surface area (TPSA) is 60.0 Å². The van der Waals surface area contributed by atoms with E-state index >= 15 is 0 Å². The summed E-state index contributed by atoms with van der Waals surface area (Å²) in [6, 6.07) is 9.85. The Balaban J connectivity index is 0.00000312. The fourth-order valence-corrected chi connectivity index (χ4v) is 2.51. The van der Waals surface area contributed by atoms with E-state index in [0.29, 0.717) is 13.0 Å². The predicted octanol–water partition coefficient (Wildman–Crippen LogP) is 1.92. The first-order valence-electron chi connectivity index (χ1n) is 8.33. The molecule has 1 saturated heterocycles. The second-order valence-corrected chi connectivity index (χ2v) is 7.02. The van der Waals surface area contributed by atoms with Crippen molar-refractivity contribution < 1.29 is 4.79 Å². The second-order valence-electron chi connectivity index (χ2n) is 7.02. The lowest BCUT2D eigenvalue weighted by molar-refractivity contribution is -0.117. The Hall–Kier alpha value is -1.35. The molecule has 1 fully saturated rings. The molecule has 1 atom stereocenters. The van der Waals surface area contributed by atoms with Gasteiger partial charge in [0.2, 0.25) is 5.91 Å². The van der Waals surface area contributed by atoms with Gasteiger partial charge in [0.1, 0.15) is 0 Å². The highest BCUT2D eigenvalue weighted by molar-refractivity contribution is 14.0. The molecule has 6 nitrogen and oxygen atoms in total. The number of anilines is 1. The zero-order valence-corrected chi connectivity index (χ0v) is 18.1. The van der Waals surface area contributed by atoms with Crippen LogP contribution < -0.4 is 15.5 Å². The highest BCUT2D eigenvalue weighted by atomic mass is 127. The van der Waals surface area contributed by atoms with Crippen molar-refractivity contribution in [2.45, 2.75) is 31.8 Å². The van der Waals surface area contributed by atoms with Crippen LogP contribution in [0.25, 0.3) is 0 Å². The van der Waals surface area contributed by atoms with Gasteiger partial charge in [0, 0.05) is 37.8 Å². The quantitative estimate of drug-likeness (QED) is 0.402. The number of hydrogen-bond donors (Lipinski definition) is 2. The minimum absolute atomic E-state index is 0. The first-order chi connectivity index (χ1) is 11.3. The van der Waals surface area contributed by atoms with Crippen molar-refractivity contribution in [3.05, 3.63) is 30.3 Å². The van der Waals surface area contributed by atoms with E-state index in [2.05, 4.69) is 48.5 Å². The molecule has 0 spiro atoms. The van der Waals surface area contributed by atoms with Crippen LogP contribution in [-0.2, 0) is 4.79 Å². The molecule has 1 heterocycles. The number of guanidine groups is 1. The van der Waals surface area contributed by atoms with Gasteiger partial charge in [-0.1, -0.05) is 18.2 Å². The van der Waals surface area contributed by atoms with Crippen LogP contribution in [0, 0.1) is 0 Å². The molecule has 1 unspecified atom stereocenters. The molecule has 0 radical (unpaired) electrons. The molecule has 1 aromatic rings. The van der Waals surface area contributed by atoms with Crippen LogP contribution in [0.15, 0.2) is 35.3 Å². The molecule has 140 valence electrons. The summed E-state index contributed by atoms with van der Waals surface area (Å²) in [5, 5.41) is 6.72. The fraction of sp³-hybridized carbons (Fsp3) is 0.556. The van der Waals surface area contributed by atoms with Crippen LogP contribution in [0.1, 0.15) is 20.3 Å². The number of benzene rings is 1. The summed E-state index contributed by atoms with van der Waals surface area (Å²) >= 11 is 0. The summed E-state index contributed by atoms with van der Waals surface area (Å²) < 4.78 is 0. The van der Waals surface area contributed by atoms with E-state index in [1.54, 1.807) is 7.05 Å². The molecule has 25 heavy (non-hydrogen) atoms. The number of likely N-dealkylation sites (N-methyl/N-ethyl adjacent to an activating group) is 1. The molecule has 0 aliphatic carbocycles. The average Bonchev–Trinajstić information content (AvgIpc) is 2.92. The summed E-state index contributed by atoms with van der Waals surface area (Å²) in [5.74, 6) is 0.875. The zero-order valence-electron chi connectivity index (χ0n) is 15.7. The summed E-state index contributed by atoms with van der Waals surface area (Å²) in [6.45, 7) is 5.76. The minimum Gasteiger partial charge on any atom is -0.355 e. The van der Waals surface area contributed by atoms with Crippen LogP contribution in [0.5, 0.6) is 0 Å². The Morgan fingerprint density at radius 3 is 2.52 bits per heavy atom. The number of aliphatic imine (C=N–C) groups is 1. The molecule has 0 bridgehead atoms. The van der Waals surface area contributed by atoms with Gasteiger partial charge in [-0.2, -0.15) is 0 Å². The fourth-order valence-electron chi connectivity index (χ4n) is 2.51. The van der Waals surface area contributed by atoms with Crippen molar-refractivity contribution in [1.82, 2.24) is 15.5 Å². The third kappa shape index (κ3) is 5.85. The van der Waals surface area contributed by atoms with Gasteiger partial charge in [-0.05, 0) is 40.1 Å². The first kappa shape index (κ1) is 21.7. The Bertz CT molecular complexity index is 588. The smallest absolute Gasteiger partial charge is 0.229 e. The number of nitrogens with zero attached hydrogens (tertiary/aromatic N) is 3. The number of amides is 1. The monoisotopic (exact) mass is 459 g/mol. The van der Waals surface area contributed by atoms with E-state index in [1.165, 1.54) is 0 Å². The van der Waals surface area contributed by atoms with Crippen molar-refractivity contribution in [2.24, 2.45) is 4.99 Å². The maximum atomic E-state index is 12.3. The Morgan fingerprint density at radius 1 is 1.32 bits per heavy atom. The normalized spacial score (nSPS) is 18.3. The average molecular weight is 459 g/mol. The largest absolute Gasteiger partial charge is 0.355 e.